The van der Waals surface area contributed by atoms with Crippen molar-refractivity contribution in [3.63, 3.8) is 0 Å². The molecule has 7 rings (SSSR count). The van der Waals surface area contributed by atoms with Crippen molar-refractivity contribution in [2.24, 2.45) is 44.8 Å². The molecule has 9 heteroatoms. The van der Waals surface area contributed by atoms with Gasteiger partial charge in [0.05, 0.1) is 30.5 Å². The zero-order valence-electron chi connectivity index (χ0n) is 27.7. The summed E-state index contributed by atoms with van der Waals surface area (Å²) >= 11 is 0. The fourth-order valence-electron chi connectivity index (χ4n) is 12.8. The predicted molar refractivity (Wildman–Crippen MR) is 163 cm³/mol. The van der Waals surface area contributed by atoms with Crippen molar-refractivity contribution in [1.29, 1.82) is 0 Å². The molecule has 2 spiro atoms. The van der Waals surface area contributed by atoms with E-state index in [4.69, 9.17) is 9.47 Å². The first-order chi connectivity index (χ1) is 20.3. The number of aliphatic hydroxyl groups excluding tert-OH is 5. The fourth-order valence-corrected chi connectivity index (χ4v) is 12.8. The summed E-state index contributed by atoms with van der Waals surface area (Å²) in [6.07, 6.45) is 2.47. The van der Waals surface area contributed by atoms with Crippen molar-refractivity contribution in [3.8, 4) is 0 Å². The van der Waals surface area contributed by atoms with Gasteiger partial charge in [0.2, 0.25) is 0 Å². The van der Waals surface area contributed by atoms with Gasteiger partial charge < -0.3 is 45.4 Å². The van der Waals surface area contributed by atoms with Gasteiger partial charge in [-0.05, 0) is 98.2 Å². The summed E-state index contributed by atoms with van der Waals surface area (Å²) in [4.78, 5) is 0. The summed E-state index contributed by atoms with van der Waals surface area (Å²) < 4.78 is 12.1. The molecule has 0 amide bonds. The number of aliphatic hydroxyl groups is 6. The molecular weight excluding hydrogens is 562 g/mol. The van der Waals surface area contributed by atoms with Crippen molar-refractivity contribution < 1.29 is 40.1 Å². The van der Waals surface area contributed by atoms with E-state index in [2.05, 4.69) is 46.0 Å². The molecule has 0 aromatic carbocycles. The molecule has 16 atom stereocenters. The summed E-state index contributed by atoms with van der Waals surface area (Å²) in [6, 6.07) is 0.0457. The van der Waals surface area contributed by atoms with Gasteiger partial charge in [-0.1, -0.05) is 46.3 Å². The number of nitrogens with one attached hydrogen (secondary N) is 1. The summed E-state index contributed by atoms with van der Waals surface area (Å²) in [5.41, 5.74) is -0.381. The van der Waals surface area contributed by atoms with Crippen molar-refractivity contribution in [1.82, 2.24) is 5.32 Å². The Kier molecular flexibility index (Phi) is 7.06. The Bertz CT molecular complexity index is 1200. The van der Waals surface area contributed by atoms with E-state index in [-0.39, 0.29) is 51.9 Å². The number of allylic oxidation sites excluding steroid dienone is 1. The number of rotatable bonds is 4. The van der Waals surface area contributed by atoms with Crippen molar-refractivity contribution >= 4 is 0 Å². The lowest BCUT2D eigenvalue weighted by Gasteiger charge is -2.61. The van der Waals surface area contributed by atoms with E-state index in [1.807, 2.05) is 0 Å². The molecule has 0 aromatic rings. The maximum atomic E-state index is 12.3. The van der Waals surface area contributed by atoms with Crippen LogP contribution in [0.15, 0.2) is 11.6 Å². The predicted octanol–water partition coefficient (Wildman–Crippen LogP) is 2.25. The molecule has 0 aromatic heterocycles. The summed E-state index contributed by atoms with van der Waals surface area (Å²) in [6.45, 7) is 15.0. The molecule has 0 bridgehead atoms. The van der Waals surface area contributed by atoms with E-state index in [0.717, 1.165) is 44.9 Å². The molecule has 44 heavy (non-hydrogen) atoms. The van der Waals surface area contributed by atoms with Gasteiger partial charge in [-0.3, -0.25) is 0 Å². The zero-order chi connectivity index (χ0) is 32.0. The molecular formula is C35H57NO8. The largest absolute Gasteiger partial charge is 0.392 e. The number of hydrogen-bond donors (Lipinski definition) is 7. The maximum Gasteiger partial charge on any atom is 0.186 e. The third-order valence-corrected chi connectivity index (χ3v) is 15.0. The van der Waals surface area contributed by atoms with Crippen LogP contribution in [0.3, 0.4) is 0 Å². The van der Waals surface area contributed by atoms with Crippen LogP contribution in [-0.2, 0) is 9.47 Å². The van der Waals surface area contributed by atoms with Crippen LogP contribution in [0.5, 0.6) is 0 Å². The van der Waals surface area contributed by atoms with Gasteiger partial charge in [0.15, 0.2) is 6.29 Å². The smallest absolute Gasteiger partial charge is 0.186 e. The van der Waals surface area contributed by atoms with E-state index in [9.17, 15) is 30.6 Å². The number of hydrogen-bond acceptors (Lipinski definition) is 9. The minimum Gasteiger partial charge on any atom is -0.392 e. The highest BCUT2D eigenvalue weighted by Crippen LogP contribution is 2.88. The Hall–Kier alpha value is -0.620. The molecule has 4 saturated carbocycles. The fraction of sp³-hybridized carbons (Fsp3) is 0.943. The van der Waals surface area contributed by atoms with Crippen LogP contribution in [0.1, 0.15) is 93.4 Å². The summed E-state index contributed by atoms with van der Waals surface area (Å²) in [7, 11) is 0. The molecule has 2 saturated heterocycles. The quantitative estimate of drug-likeness (QED) is 0.235. The van der Waals surface area contributed by atoms with Gasteiger partial charge in [-0.25, -0.2) is 0 Å². The zero-order valence-corrected chi connectivity index (χ0v) is 27.7. The third kappa shape index (κ3) is 3.91. The summed E-state index contributed by atoms with van der Waals surface area (Å²) in [5, 5.41) is 68.5. The van der Waals surface area contributed by atoms with Gasteiger partial charge >= 0.3 is 0 Å². The van der Waals surface area contributed by atoms with Crippen LogP contribution >= 0.6 is 0 Å². The SMILES string of the molecule is CC1CC(C(O)C(C)(C)O)NC2CC3(C)C4=CCC5C(C)(C)C(OC6OCC(O)C(O)C6O)CCC56CC46C(O)CC3(C)C12. The van der Waals surface area contributed by atoms with Crippen LogP contribution in [-0.4, -0.2) is 97.8 Å². The molecule has 2 aliphatic heterocycles. The van der Waals surface area contributed by atoms with E-state index < -0.39 is 42.4 Å². The second kappa shape index (κ2) is 9.73. The van der Waals surface area contributed by atoms with Crippen molar-refractivity contribution in [2.45, 2.75) is 154 Å². The highest BCUT2D eigenvalue weighted by molar-refractivity contribution is 5.48. The second-order valence-electron chi connectivity index (χ2n) is 17.8. The molecule has 2 heterocycles. The molecule has 7 N–H and O–H groups in total. The van der Waals surface area contributed by atoms with E-state index >= 15 is 0 Å². The third-order valence-electron chi connectivity index (χ3n) is 15.0. The average Bonchev–Trinajstić information content (AvgIpc) is 3.56. The molecule has 9 nitrogen and oxygen atoms in total. The topological polar surface area (TPSA) is 152 Å². The highest BCUT2D eigenvalue weighted by atomic mass is 16.7. The molecule has 250 valence electrons. The van der Waals surface area contributed by atoms with Crippen LogP contribution in [0, 0.1) is 44.8 Å². The second-order valence-corrected chi connectivity index (χ2v) is 17.8. The minimum atomic E-state index is -1.31. The molecule has 5 aliphatic carbocycles. The summed E-state index contributed by atoms with van der Waals surface area (Å²) in [5.74, 6) is 1.02. The van der Waals surface area contributed by atoms with Gasteiger partial charge in [0.1, 0.15) is 18.3 Å². The Morgan fingerprint density at radius 2 is 1.77 bits per heavy atom. The van der Waals surface area contributed by atoms with Gasteiger partial charge in [-0.2, -0.15) is 0 Å². The standard InChI is InChI=1S/C35H57NO8/c1-17-12-18(28(41)31(4,5)42)36-19-13-32(6)22-9-8-21-30(2,3)24(44-29-27(40)26(39)20(37)15-43-29)10-11-34(21)16-35(22,34)23(38)14-33(32,7)25(17)19/h9,17-21,23-29,36-42H,8,10-16H2,1-7H3. The lowest BCUT2D eigenvalue weighted by Crippen LogP contribution is -2.61. The van der Waals surface area contributed by atoms with Crippen LogP contribution < -0.4 is 5.32 Å². The van der Waals surface area contributed by atoms with E-state index in [1.165, 1.54) is 5.57 Å². The van der Waals surface area contributed by atoms with Crippen LogP contribution in [0.25, 0.3) is 0 Å². The van der Waals surface area contributed by atoms with Gasteiger partial charge in [-0.15, -0.1) is 0 Å². The molecule has 7 aliphatic rings. The lowest BCUT2D eigenvalue weighted by atomic mass is 9.44. The molecule has 16 unspecified atom stereocenters. The molecule has 6 fully saturated rings. The van der Waals surface area contributed by atoms with Gasteiger partial charge in [0, 0.05) is 17.5 Å². The average molecular weight is 620 g/mol. The lowest BCUT2D eigenvalue weighted by molar-refractivity contribution is -0.301. The van der Waals surface area contributed by atoms with E-state index in [1.54, 1.807) is 13.8 Å². The van der Waals surface area contributed by atoms with Crippen molar-refractivity contribution in [3.05, 3.63) is 11.6 Å². The number of fused-ring (bicyclic) bond motifs is 4. The first-order valence-corrected chi connectivity index (χ1v) is 17.2. The maximum absolute atomic E-state index is 12.3. The Balaban J connectivity index is 1.18. The number of piperidine rings is 1. The first-order valence-electron chi connectivity index (χ1n) is 17.2. The monoisotopic (exact) mass is 619 g/mol. The Labute approximate surface area is 262 Å². The van der Waals surface area contributed by atoms with E-state index in [0.29, 0.717) is 17.8 Å². The normalized spacial score (nSPS) is 56.8. The van der Waals surface area contributed by atoms with Gasteiger partial charge in [0.25, 0.3) is 0 Å². The van der Waals surface area contributed by atoms with Crippen LogP contribution in [0.4, 0.5) is 0 Å². The Morgan fingerprint density at radius 3 is 2.45 bits per heavy atom. The number of ether oxygens (including phenoxy) is 2. The first kappa shape index (κ1) is 32.0. The van der Waals surface area contributed by atoms with Crippen LogP contribution in [0.2, 0.25) is 0 Å². The highest BCUT2D eigenvalue weighted by Gasteiger charge is 2.84. The minimum absolute atomic E-state index is 0.00159. The molecule has 0 radical (unpaired) electrons. The Morgan fingerprint density at radius 1 is 1.07 bits per heavy atom. The van der Waals surface area contributed by atoms with Crippen molar-refractivity contribution in [2.75, 3.05) is 6.61 Å².